The Labute approximate surface area is 422 Å². The van der Waals surface area contributed by atoms with Gasteiger partial charge in [-0.05, 0) is 36.1 Å². The number of amides is 8. The molecule has 2 aliphatic rings. The molecule has 13 N–H and O–H groups in total. The highest BCUT2D eigenvalue weighted by Gasteiger charge is 2.45. The summed E-state index contributed by atoms with van der Waals surface area (Å²) in [4.78, 5) is 160. The minimum atomic E-state index is -1.87. The summed E-state index contributed by atoms with van der Waals surface area (Å²) in [5, 5.41) is 36.3. The fraction of sp³-hybridized carbons (Fsp3) is 0.556. The van der Waals surface area contributed by atoms with Crippen LogP contribution < -0.4 is 48.1 Å². The van der Waals surface area contributed by atoms with E-state index in [2.05, 4.69) is 36.9 Å². The summed E-state index contributed by atoms with van der Waals surface area (Å²) in [6, 6.07) is -4.82. The number of rotatable bonds is 16. The predicted octanol–water partition coefficient (Wildman–Crippen LogP) is -3.66. The standard InChI is InChI=1S/C45H62N10O17S/c1-7-19(2)37-42(66)49-14-35(61)50-31(18-73-43-27(12-28(46)39(63)48-15-36(62)53-37)26-11-25(71-22(5)57)8-9-29(26)52-43)40(64)51-30(13-34(47)60)44(67)55-16-24(59)10-32(55)41(65)54-38(45(68)69)20(3)33(72-23(6)58)17-70-21(4)56/h8-9,11,19-20,24,28,30-33,37-38,52,59H,7,10,12-18,46H2,1-6H3,(H2,47,60)(H,48,63)(H,49,66)(H,50,61)(H,51,64)(H,53,62)(H,54,65)(H,68,69)/t19-,20?,24?,28?,30?,31?,32-,33-,37-,38-/m0/s1. The zero-order valence-corrected chi connectivity index (χ0v) is 41.7. The van der Waals surface area contributed by atoms with Gasteiger partial charge in [-0.15, -0.1) is 11.8 Å². The summed E-state index contributed by atoms with van der Waals surface area (Å²) < 4.78 is 15.4. The number of nitrogens with two attached hydrogens (primary N) is 2. The van der Waals surface area contributed by atoms with Crippen molar-refractivity contribution < 1.29 is 82.0 Å². The maximum atomic E-state index is 14.4. The van der Waals surface area contributed by atoms with E-state index in [1.165, 1.54) is 26.0 Å². The number of fused-ring (bicyclic) bond motifs is 3. The summed E-state index contributed by atoms with van der Waals surface area (Å²) in [5.41, 5.74) is 12.8. The molecular weight excluding hydrogens is 985 g/mol. The van der Waals surface area contributed by atoms with Crippen molar-refractivity contribution in [2.45, 2.75) is 121 Å². The van der Waals surface area contributed by atoms with Gasteiger partial charge in [0.05, 0.1) is 36.7 Å². The smallest absolute Gasteiger partial charge is 0.326 e. The number of β-amino-alcohol motifs (C(OH)–C–C–N with tert-alkyl or cyclic N) is 1. The van der Waals surface area contributed by atoms with Crippen LogP contribution in [0.15, 0.2) is 23.2 Å². The average molecular weight is 1050 g/mol. The molecule has 0 saturated carbocycles. The van der Waals surface area contributed by atoms with Gasteiger partial charge in [0.1, 0.15) is 48.7 Å². The number of aromatic amines is 1. The molecule has 1 aromatic heterocycles. The molecule has 27 nitrogen and oxygen atoms in total. The van der Waals surface area contributed by atoms with Gasteiger partial charge in [-0.25, -0.2) is 4.79 Å². The number of primary amides is 1. The second-order valence-electron chi connectivity index (χ2n) is 17.6. The van der Waals surface area contributed by atoms with Crippen molar-refractivity contribution in [2.24, 2.45) is 23.3 Å². The quantitative estimate of drug-likeness (QED) is 0.0570. The summed E-state index contributed by atoms with van der Waals surface area (Å²) in [5.74, 6) is -13.4. The van der Waals surface area contributed by atoms with E-state index in [0.29, 0.717) is 27.9 Å². The number of aliphatic carboxylic acids is 1. The van der Waals surface area contributed by atoms with E-state index in [1.54, 1.807) is 19.9 Å². The van der Waals surface area contributed by atoms with Gasteiger partial charge in [0, 0.05) is 56.3 Å². The number of hydrogen-bond donors (Lipinski definition) is 11. The van der Waals surface area contributed by atoms with Gasteiger partial charge < -0.3 is 77.7 Å². The lowest BCUT2D eigenvalue weighted by Crippen LogP contribution is -2.60. The Morgan fingerprint density at radius 3 is 2.16 bits per heavy atom. The van der Waals surface area contributed by atoms with E-state index in [0.717, 1.165) is 30.5 Å². The van der Waals surface area contributed by atoms with E-state index in [1.807, 2.05) is 0 Å². The van der Waals surface area contributed by atoms with Gasteiger partial charge in [-0.2, -0.15) is 0 Å². The first-order chi connectivity index (χ1) is 34.3. The van der Waals surface area contributed by atoms with Crippen molar-refractivity contribution in [3.63, 3.8) is 0 Å². The summed E-state index contributed by atoms with van der Waals surface area (Å²) >= 11 is 0.934. The highest BCUT2D eigenvalue weighted by atomic mass is 32.2. The van der Waals surface area contributed by atoms with Crippen LogP contribution in [0, 0.1) is 11.8 Å². The molecule has 1 saturated heterocycles. The predicted molar refractivity (Wildman–Crippen MR) is 254 cm³/mol. The Morgan fingerprint density at radius 2 is 1.56 bits per heavy atom. The lowest BCUT2D eigenvalue weighted by Gasteiger charge is -2.32. The number of carbonyl (C=O) groups excluding carboxylic acids is 11. The van der Waals surface area contributed by atoms with E-state index < -0.39 is 171 Å². The molecule has 73 heavy (non-hydrogen) atoms. The Morgan fingerprint density at radius 1 is 0.904 bits per heavy atom. The lowest BCUT2D eigenvalue weighted by molar-refractivity contribution is -0.162. The van der Waals surface area contributed by atoms with Gasteiger partial charge in [-0.3, -0.25) is 52.7 Å². The normalized spacial score (nSPS) is 22.1. The van der Waals surface area contributed by atoms with Gasteiger partial charge >= 0.3 is 23.9 Å². The van der Waals surface area contributed by atoms with E-state index in [-0.39, 0.29) is 17.9 Å². The van der Waals surface area contributed by atoms with Crippen LogP contribution in [0.4, 0.5) is 0 Å². The third-order valence-corrected chi connectivity index (χ3v) is 13.0. The van der Waals surface area contributed by atoms with Crippen molar-refractivity contribution in [3.8, 4) is 5.75 Å². The SMILES string of the molecule is CC[C@H](C)[C@@H]1NC(=O)CNC(=O)C(N)Cc2c([nH]c3ccc(OC(C)=O)cc23)SCC(C(=O)NC(CC(N)=O)C(=O)N2CC(O)C[C@H]2C(=O)N[C@H](C(=O)O)C(C)[C@H](COC(C)=O)OC(C)=O)NC(=O)CNC1=O. The van der Waals surface area contributed by atoms with Crippen molar-refractivity contribution in [1.29, 1.82) is 0 Å². The highest BCUT2D eigenvalue weighted by molar-refractivity contribution is 7.99. The molecule has 0 spiro atoms. The van der Waals surface area contributed by atoms with Crippen LogP contribution in [0.3, 0.4) is 0 Å². The number of esters is 3. The number of carboxylic acids is 1. The molecule has 1 fully saturated rings. The first-order valence-electron chi connectivity index (χ1n) is 23.1. The molecule has 5 unspecified atom stereocenters. The number of aliphatic hydroxyl groups excluding tert-OH is 1. The van der Waals surface area contributed by atoms with Crippen molar-refractivity contribution in [1.82, 2.24) is 41.8 Å². The lowest BCUT2D eigenvalue weighted by atomic mass is 9.95. The number of nitrogens with one attached hydrogen (secondary N) is 7. The van der Waals surface area contributed by atoms with E-state index in [4.69, 9.17) is 25.7 Å². The number of hydrogen-bond acceptors (Lipinski definition) is 18. The number of thioether (sulfide) groups is 1. The van der Waals surface area contributed by atoms with Gasteiger partial charge in [0.2, 0.25) is 47.3 Å². The first kappa shape index (κ1) is 58.2. The average Bonchev–Trinajstić information content (AvgIpc) is 3.88. The van der Waals surface area contributed by atoms with Gasteiger partial charge in [0.15, 0.2) is 0 Å². The van der Waals surface area contributed by atoms with Crippen LogP contribution in [0.5, 0.6) is 5.75 Å². The van der Waals surface area contributed by atoms with Gasteiger partial charge in [-0.1, -0.05) is 27.2 Å². The Kier molecular flexibility index (Phi) is 21.1. The molecule has 0 aliphatic carbocycles. The largest absolute Gasteiger partial charge is 0.480 e. The van der Waals surface area contributed by atoms with Crippen LogP contribution in [0.1, 0.15) is 66.4 Å². The summed E-state index contributed by atoms with van der Waals surface area (Å²) in [6.45, 7) is 5.61. The van der Waals surface area contributed by atoms with Crippen LogP contribution in [-0.2, 0) is 73.4 Å². The topological polar surface area (TPSA) is 416 Å². The van der Waals surface area contributed by atoms with Crippen molar-refractivity contribution in [2.75, 3.05) is 32.0 Å². The zero-order valence-electron chi connectivity index (χ0n) is 40.9. The maximum absolute atomic E-state index is 14.4. The molecule has 0 radical (unpaired) electrons. The van der Waals surface area contributed by atoms with E-state index >= 15 is 0 Å². The number of nitrogens with zero attached hydrogens (tertiary/aromatic N) is 1. The van der Waals surface area contributed by atoms with Crippen LogP contribution in [0.25, 0.3) is 10.9 Å². The number of benzene rings is 1. The third kappa shape index (κ3) is 16.6. The molecule has 8 amide bonds. The number of carbonyl (C=O) groups is 12. The Balaban J connectivity index is 1.70. The minimum Gasteiger partial charge on any atom is -0.480 e. The molecule has 2 aromatic rings. The number of aliphatic hydroxyl groups is 1. The molecule has 28 heteroatoms. The molecular formula is C45H62N10O17S. The Hall–Kier alpha value is -7.33. The molecule has 4 rings (SSSR count). The second-order valence-corrected chi connectivity index (χ2v) is 18.6. The molecule has 10 atom stereocenters. The minimum absolute atomic E-state index is 0.138. The number of aromatic nitrogens is 1. The van der Waals surface area contributed by atoms with Crippen LogP contribution in [0.2, 0.25) is 0 Å². The van der Waals surface area contributed by atoms with Crippen molar-refractivity contribution >= 4 is 93.8 Å². The second kappa shape index (κ2) is 26.4. The number of H-pyrrole nitrogens is 1. The highest BCUT2D eigenvalue weighted by Crippen LogP contribution is 2.34. The number of likely N-dealkylation sites (tertiary alicyclic amines) is 1. The Bertz CT molecular complexity index is 2470. The molecule has 400 valence electrons. The fourth-order valence-corrected chi connectivity index (χ4v) is 9.05. The van der Waals surface area contributed by atoms with E-state index in [9.17, 15) is 67.7 Å². The third-order valence-electron chi connectivity index (χ3n) is 11.9. The number of ether oxygens (including phenoxy) is 3. The maximum Gasteiger partial charge on any atom is 0.326 e. The van der Waals surface area contributed by atoms with Crippen molar-refractivity contribution in [3.05, 3.63) is 23.8 Å². The molecule has 1 aromatic carbocycles. The summed E-state index contributed by atoms with van der Waals surface area (Å²) in [7, 11) is 0. The zero-order chi connectivity index (χ0) is 54.4. The molecule has 2 aliphatic heterocycles. The van der Waals surface area contributed by atoms with Crippen LogP contribution in [-0.4, -0.2) is 172 Å². The first-order valence-corrected chi connectivity index (χ1v) is 24.0. The fourth-order valence-electron chi connectivity index (χ4n) is 7.93. The van der Waals surface area contributed by atoms with Gasteiger partial charge in [0.25, 0.3) is 0 Å². The van der Waals surface area contributed by atoms with Crippen LogP contribution >= 0.6 is 11.8 Å². The molecule has 0 bridgehead atoms. The number of carboxylic acid groups (broad SMARTS) is 1. The molecule has 3 heterocycles. The monoisotopic (exact) mass is 1050 g/mol. The summed E-state index contributed by atoms with van der Waals surface area (Å²) in [6.07, 6.45) is -3.86.